The molecular weight excluding hydrogens is 332 g/mol. The largest absolute Gasteiger partial charge is 0.457 e. The monoisotopic (exact) mass is 354 g/mol. The van der Waals surface area contributed by atoms with E-state index >= 15 is 0 Å². The molecule has 1 fully saturated rings. The fraction of sp³-hybridized carbons (Fsp3) is 0.300. The highest BCUT2D eigenvalue weighted by atomic mass is 16.5. The van der Waals surface area contributed by atoms with Crippen molar-refractivity contribution in [3.8, 4) is 11.5 Å². The maximum Gasteiger partial charge on any atom is 0.409 e. The molecule has 6 heteroatoms. The standard InChI is InChI=1S/C20H22N2O4/c1-25-20(24)22-13-5-12-21(14-15-22)19(23)16-8-10-18(11-9-16)26-17-6-3-2-4-7-17/h2-4,6-11H,5,12-15H2,1H3. The summed E-state index contributed by atoms with van der Waals surface area (Å²) in [4.78, 5) is 27.8. The van der Waals surface area contributed by atoms with Crippen LogP contribution in [-0.4, -0.2) is 55.1 Å². The summed E-state index contributed by atoms with van der Waals surface area (Å²) in [7, 11) is 1.37. The molecule has 0 spiro atoms. The molecule has 26 heavy (non-hydrogen) atoms. The van der Waals surface area contributed by atoms with E-state index in [1.54, 1.807) is 34.1 Å². The van der Waals surface area contributed by atoms with Crippen LogP contribution in [0.2, 0.25) is 0 Å². The molecule has 0 bridgehead atoms. The highest BCUT2D eigenvalue weighted by molar-refractivity contribution is 5.94. The summed E-state index contributed by atoms with van der Waals surface area (Å²) in [5, 5.41) is 0. The molecule has 0 saturated carbocycles. The van der Waals surface area contributed by atoms with E-state index in [1.165, 1.54) is 7.11 Å². The molecule has 1 aliphatic heterocycles. The zero-order valence-corrected chi connectivity index (χ0v) is 14.8. The number of rotatable bonds is 3. The van der Waals surface area contributed by atoms with Crippen LogP contribution in [0.4, 0.5) is 4.79 Å². The molecular formula is C20H22N2O4. The number of ether oxygens (including phenoxy) is 2. The summed E-state index contributed by atoms with van der Waals surface area (Å²) in [5.41, 5.74) is 0.608. The highest BCUT2D eigenvalue weighted by Gasteiger charge is 2.23. The number of benzene rings is 2. The Bertz CT molecular complexity index is 746. The molecule has 3 rings (SSSR count). The van der Waals surface area contributed by atoms with Gasteiger partial charge in [-0.1, -0.05) is 18.2 Å². The van der Waals surface area contributed by atoms with E-state index in [2.05, 4.69) is 0 Å². The molecule has 1 saturated heterocycles. The lowest BCUT2D eigenvalue weighted by atomic mass is 10.2. The van der Waals surface area contributed by atoms with Crippen LogP contribution in [0.5, 0.6) is 11.5 Å². The van der Waals surface area contributed by atoms with Gasteiger partial charge in [0.25, 0.3) is 5.91 Å². The van der Waals surface area contributed by atoms with Crippen molar-refractivity contribution in [2.24, 2.45) is 0 Å². The van der Waals surface area contributed by atoms with Gasteiger partial charge in [-0.05, 0) is 42.8 Å². The van der Waals surface area contributed by atoms with Crippen LogP contribution in [0.15, 0.2) is 54.6 Å². The molecule has 2 aromatic rings. The van der Waals surface area contributed by atoms with Crippen molar-refractivity contribution in [1.82, 2.24) is 9.80 Å². The number of para-hydroxylation sites is 1. The van der Waals surface area contributed by atoms with E-state index in [0.717, 1.165) is 12.2 Å². The second kappa shape index (κ2) is 8.38. The molecule has 0 atom stereocenters. The Balaban J connectivity index is 1.62. The topological polar surface area (TPSA) is 59.1 Å². The van der Waals surface area contributed by atoms with Gasteiger partial charge in [0.2, 0.25) is 0 Å². The van der Waals surface area contributed by atoms with Gasteiger partial charge in [-0.3, -0.25) is 4.79 Å². The lowest BCUT2D eigenvalue weighted by Crippen LogP contribution is -2.37. The smallest absolute Gasteiger partial charge is 0.409 e. The predicted octanol–water partition coefficient (Wildman–Crippen LogP) is 3.39. The first-order chi connectivity index (χ1) is 12.7. The number of methoxy groups -OCH3 is 1. The average molecular weight is 354 g/mol. The van der Waals surface area contributed by atoms with E-state index in [4.69, 9.17) is 9.47 Å². The van der Waals surface area contributed by atoms with Crippen LogP contribution >= 0.6 is 0 Å². The van der Waals surface area contributed by atoms with Gasteiger partial charge in [-0.15, -0.1) is 0 Å². The van der Waals surface area contributed by atoms with Crippen molar-refractivity contribution in [1.29, 1.82) is 0 Å². The molecule has 0 aliphatic carbocycles. The Morgan fingerprint density at radius 1 is 0.808 bits per heavy atom. The zero-order valence-electron chi connectivity index (χ0n) is 14.8. The number of amides is 2. The van der Waals surface area contributed by atoms with Crippen LogP contribution in [-0.2, 0) is 4.74 Å². The van der Waals surface area contributed by atoms with Gasteiger partial charge in [-0.2, -0.15) is 0 Å². The first-order valence-electron chi connectivity index (χ1n) is 8.62. The molecule has 0 aromatic heterocycles. The third-order valence-corrected chi connectivity index (χ3v) is 4.30. The third-order valence-electron chi connectivity index (χ3n) is 4.30. The molecule has 2 amide bonds. The third kappa shape index (κ3) is 4.33. The van der Waals surface area contributed by atoms with E-state index in [9.17, 15) is 9.59 Å². The van der Waals surface area contributed by atoms with Crippen molar-refractivity contribution >= 4 is 12.0 Å². The van der Waals surface area contributed by atoms with Crippen molar-refractivity contribution in [3.05, 3.63) is 60.2 Å². The van der Waals surface area contributed by atoms with Crippen LogP contribution < -0.4 is 4.74 Å². The number of hydrogen-bond donors (Lipinski definition) is 0. The maximum atomic E-state index is 12.7. The summed E-state index contributed by atoms with van der Waals surface area (Å²) >= 11 is 0. The van der Waals surface area contributed by atoms with Gasteiger partial charge in [0.05, 0.1) is 7.11 Å². The number of hydrogen-bond acceptors (Lipinski definition) is 4. The second-order valence-electron chi connectivity index (χ2n) is 6.04. The SMILES string of the molecule is COC(=O)N1CCCN(C(=O)c2ccc(Oc3ccccc3)cc2)CC1. The molecule has 136 valence electrons. The minimum Gasteiger partial charge on any atom is -0.457 e. The summed E-state index contributed by atoms with van der Waals surface area (Å²) in [5.74, 6) is 1.39. The molecule has 1 aliphatic rings. The normalized spacial score (nSPS) is 14.5. The van der Waals surface area contributed by atoms with Crippen molar-refractivity contribution < 1.29 is 19.1 Å². The molecule has 1 heterocycles. The summed E-state index contributed by atoms with van der Waals surface area (Å²) in [6.45, 7) is 2.19. The van der Waals surface area contributed by atoms with E-state index in [-0.39, 0.29) is 12.0 Å². The second-order valence-corrected chi connectivity index (χ2v) is 6.04. The quantitative estimate of drug-likeness (QED) is 0.848. The minimum absolute atomic E-state index is 0.0389. The van der Waals surface area contributed by atoms with Crippen molar-refractivity contribution in [2.45, 2.75) is 6.42 Å². The number of carbonyl (C=O) groups is 2. The van der Waals surface area contributed by atoms with Gasteiger partial charge in [-0.25, -0.2) is 4.79 Å². The van der Waals surface area contributed by atoms with Crippen LogP contribution in [0.3, 0.4) is 0 Å². The Morgan fingerprint density at radius 3 is 2.12 bits per heavy atom. The minimum atomic E-state index is -0.346. The fourth-order valence-corrected chi connectivity index (χ4v) is 2.90. The van der Waals surface area contributed by atoms with Gasteiger partial charge in [0.15, 0.2) is 0 Å². The first-order valence-corrected chi connectivity index (χ1v) is 8.62. The highest BCUT2D eigenvalue weighted by Crippen LogP contribution is 2.21. The Kier molecular flexibility index (Phi) is 5.73. The van der Waals surface area contributed by atoms with Gasteiger partial charge >= 0.3 is 6.09 Å². The first kappa shape index (κ1) is 17.8. The lowest BCUT2D eigenvalue weighted by molar-refractivity contribution is 0.0757. The van der Waals surface area contributed by atoms with Crippen LogP contribution in [0.1, 0.15) is 16.8 Å². The molecule has 0 N–H and O–H groups in total. The Labute approximate surface area is 152 Å². The summed E-state index contributed by atoms with van der Waals surface area (Å²) < 4.78 is 10.5. The zero-order chi connectivity index (χ0) is 18.4. The fourth-order valence-electron chi connectivity index (χ4n) is 2.90. The van der Waals surface area contributed by atoms with E-state index < -0.39 is 0 Å². The van der Waals surface area contributed by atoms with Gasteiger partial charge in [0, 0.05) is 31.7 Å². The molecule has 6 nitrogen and oxygen atoms in total. The van der Waals surface area contributed by atoms with Gasteiger partial charge in [0.1, 0.15) is 11.5 Å². The maximum absolute atomic E-state index is 12.7. The number of carbonyl (C=O) groups excluding carboxylic acids is 2. The summed E-state index contributed by atoms with van der Waals surface area (Å²) in [6, 6.07) is 16.6. The predicted molar refractivity (Wildman–Crippen MR) is 97.5 cm³/mol. The van der Waals surface area contributed by atoms with Crippen molar-refractivity contribution in [2.75, 3.05) is 33.3 Å². The van der Waals surface area contributed by atoms with E-state index in [0.29, 0.717) is 37.5 Å². The Morgan fingerprint density at radius 2 is 1.42 bits per heavy atom. The lowest BCUT2D eigenvalue weighted by Gasteiger charge is -2.21. The average Bonchev–Trinajstić information content (AvgIpc) is 2.94. The molecule has 0 radical (unpaired) electrons. The molecule has 2 aromatic carbocycles. The molecule has 0 unspecified atom stereocenters. The van der Waals surface area contributed by atoms with E-state index in [1.807, 2.05) is 30.3 Å². The van der Waals surface area contributed by atoms with Crippen LogP contribution in [0, 0.1) is 0 Å². The number of nitrogens with zero attached hydrogens (tertiary/aromatic N) is 2. The summed E-state index contributed by atoms with van der Waals surface area (Å²) in [6.07, 6.45) is 0.387. The van der Waals surface area contributed by atoms with Crippen LogP contribution in [0.25, 0.3) is 0 Å². The van der Waals surface area contributed by atoms with Crippen molar-refractivity contribution in [3.63, 3.8) is 0 Å². The van der Waals surface area contributed by atoms with Gasteiger partial charge < -0.3 is 19.3 Å². The Hall–Kier alpha value is -3.02.